The molecule has 90 valence electrons. The van der Waals surface area contributed by atoms with Gasteiger partial charge in [0.05, 0.1) is 6.10 Å². The van der Waals surface area contributed by atoms with E-state index in [1.165, 1.54) is 0 Å². The number of anilines is 1. The van der Waals surface area contributed by atoms with Crippen molar-refractivity contribution >= 4 is 17.7 Å². The van der Waals surface area contributed by atoms with Gasteiger partial charge in [0.15, 0.2) is 5.16 Å². The van der Waals surface area contributed by atoms with Crippen molar-refractivity contribution in [3.05, 3.63) is 0 Å². The van der Waals surface area contributed by atoms with E-state index in [9.17, 15) is 0 Å². The van der Waals surface area contributed by atoms with Crippen LogP contribution in [0, 0.1) is 0 Å². The molecule has 0 unspecified atom stereocenters. The van der Waals surface area contributed by atoms with Gasteiger partial charge in [-0.15, -0.1) is 0 Å². The monoisotopic (exact) mass is 242 g/mol. The minimum atomic E-state index is 0.0661. The molecule has 0 fully saturated rings. The average Bonchev–Trinajstić information content (AvgIpc) is 2.17. The third kappa shape index (κ3) is 4.22. The molecular weight excluding hydrogens is 224 g/mol. The summed E-state index contributed by atoms with van der Waals surface area (Å²) >= 11 is 1.57. The van der Waals surface area contributed by atoms with Crippen LogP contribution in [0.4, 0.5) is 5.95 Å². The Morgan fingerprint density at radius 1 is 1.25 bits per heavy atom. The van der Waals surface area contributed by atoms with Crippen LogP contribution in [0.2, 0.25) is 0 Å². The van der Waals surface area contributed by atoms with E-state index in [0.717, 1.165) is 12.3 Å². The van der Waals surface area contributed by atoms with E-state index in [0.29, 0.717) is 17.1 Å². The summed E-state index contributed by atoms with van der Waals surface area (Å²) in [5, 5.41) is 3.76. The molecule has 0 aliphatic rings. The van der Waals surface area contributed by atoms with E-state index >= 15 is 0 Å². The Bertz CT molecular complexity index is 308. The molecule has 6 heteroatoms. The highest BCUT2D eigenvalue weighted by Gasteiger charge is 2.08. The van der Waals surface area contributed by atoms with Crippen molar-refractivity contribution in [2.75, 3.05) is 17.6 Å². The Balaban J connectivity index is 2.88. The van der Waals surface area contributed by atoms with E-state index in [1.807, 2.05) is 20.8 Å². The molecule has 0 atom stereocenters. The number of thioether (sulfide) groups is 1. The molecule has 0 aromatic carbocycles. The summed E-state index contributed by atoms with van der Waals surface area (Å²) in [5.74, 6) is 1.50. The molecule has 1 rings (SSSR count). The largest absolute Gasteiger partial charge is 0.461 e. The number of nitrogens with one attached hydrogen (secondary N) is 1. The minimum Gasteiger partial charge on any atom is -0.461 e. The lowest BCUT2D eigenvalue weighted by atomic mass is 10.5. The van der Waals surface area contributed by atoms with Crippen LogP contribution in [-0.2, 0) is 0 Å². The maximum atomic E-state index is 5.47. The van der Waals surface area contributed by atoms with Crippen LogP contribution < -0.4 is 10.1 Å². The summed E-state index contributed by atoms with van der Waals surface area (Å²) in [4.78, 5) is 12.7. The number of rotatable bonds is 6. The first-order chi connectivity index (χ1) is 7.65. The zero-order valence-electron chi connectivity index (χ0n) is 10.1. The van der Waals surface area contributed by atoms with Crippen LogP contribution in [-0.4, -0.2) is 33.4 Å². The van der Waals surface area contributed by atoms with Crippen LogP contribution in [0.1, 0.15) is 27.7 Å². The van der Waals surface area contributed by atoms with Gasteiger partial charge >= 0.3 is 6.01 Å². The minimum absolute atomic E-state index is 0.0661. The first kappa shape index (κ1) is 13.0. The van der Waals surface area contributed by atoms with Gasteiger partial charge in [0.1, 0.15) is 0 Å². The Hall–Kier alpha value is -1.04. The van der Waals surface area contributed by atoms with Crippen molar-refractivity contribution in [3.63, 3.8) is 0 Å². The molecule has 1 aromatic rings. The van der Waals surface area contributed by atoms with Crippen LogP contribution in [0.15, 0.2) is 5.16 Å². The van der Waals surface area contributed by atoms with Crippen LogP contribution >= 0.6 is 11.8 Å². The summed E-state index contributed by atoms with van der Waals surface area (Å²) < 4.78 is 5.47. The normalized spacial score (nSPS) is 10.6. The highest BCUT2D eigenvalue weighted by Crippen LogP contribution is 2.17. The Labute approximate surface area is 100 Å². The molecule has 5 nitrogen and oxygen atoms in total. The van der Waals surface area contributed by atoms with Gasteiger partial charge < -0.3 is 10.1 Å². The standard InChI is InChI=1S/C10H18N4OS/c1-5-11-8-12-9(15-7(3)4)14-10(13-8)16-6-2/h7H,5-6H2,1-4H3,(H,11,12,13,14). The smallest absolute Gasteiger partial charge is 0.322 e. The highest BCUT2D eigenvalue weighted by atomic mass is 32.2. The fourth-order valence-corrected chi connectivity index (χ4v) is 1.58. The van der Waals surface area contributed by atoms with Gasteiger partial charge in [-0.3, -0.25) is 0 Å². The van der Waals surface area contributed by atoms with E-state index < -0.39 is 0 Å². The molecule has 1 N–H and O–H groups in total. The van der Waals surface area contributed by atoms with Crippen molar-refractivity contribution in [1.29, 1.82) is 0 Å². The first-order valence-electron chi connectivity index (χ1n) is 5.45. The molecule has 0 saturated heterocycles. The molecule has 1 heterocycles. The van der Waals surface area contributed by atoms with Gasteiger partial charge in [-0.25, -0.2) is 0 Å². The van der Waals surface area contributed by atoms with Gasteiger partial charge in [0.2, 0.25) is 5.95 Å². The van der Waals surface area contributed by atoms with Crippen molar-refractivity contribution in [2.24, 2.45) is 0 Å². The predicted molar refractivity (Wildman–Crippen MR) is 66.2 cm³/mol. The lowest BCUT2D eigenvalue weighted by Crippen LogP contribution is -2.11. The third-order valence-corrected chi connectivity index (χ3v) is 2.27. The van der Waals surface area contributed by atoms with Crippen LogP contribution in [0.5, 0.6) is 6.01 Å². The van der Waals surface area contributed by atoms with E-state index in [1.54, 1.807) is 11.8 Å². The fourth-order valence-electron chi connectivity index (χ4n) is 1.03. The number of ether oxygens (including phenoxy) is 1. The Kier molecular flexibility index (Phi) is 5.31. The van der Waals surface area contributed by atoms with Gasteiger partial charge in [-0.2, -0.15) is 15.0 Å². The van der Waals surface area contributed by atoms with Gasteiger partial charge in [-0.1, -0.05) is 18.7 Å². The summed E-state index contributed by atoms with van der Waals surface area (Å²) in [5.41, 5.74) is 0. The highest BCUT2D eigenvalue weighted by molar-refractivity contribution is 7.99. The third-order valence-electron chi connectivity index (χ3n) is 1.54. The van der Waals surface area contributed by atoms with Crippen molar-refractivity contribution in [2.45, 2.75) is 39.0 Å². The predicted octanol–water partition coefficient (Wildman–Crippen LogP) is 2.20. The van der Waals surface area contributed by atoms with Crippen LogP contribution in [0.25, 0.3) is 0 Å². The second kappa shape index (κ2) is 6.52. The quantitative estimate of drug-likeness (QED) is 0.772. The number of hydrogen-bond acceptors (Lipinski definition) is 6. The van der Waals surface area contributed by atoms with Gasteiger partial charge in [0.25, 0.3) is 0 Å². The van der Waals surface area contributed by atoms with E-state index in [-0.39, 0.29) is 6.10 Å². The van der Waals surface area contributed by atoms with Crippen molar-refractivity contribution < 1.29 is 4.74 Å². The van der Waals surface area contributed by atoms with Crippen molar-refractivity contribution in [1.82, 2.24) is 15.0 Å². The molecule has 0 saturated carbocycles. The topological polar surface area (TPSA) is 59.9 Å². The molecule has 0 aliphatic carbocycles. The van der Waals surface area contributed by atoms with Crippen LogP contribution in [0.3, 0.4) is 0 Å². The lowest BCUT2D eigenvalue weighted by Gasteiger charge is -2.10. The van der Waals surface area contributed by atoms with Gasteiger partial charge in [0, 0.05) is 6.54 Å². The van der Waals surface area contributed by atoms with E-state index in [2.05, 4.69) is 27.2 Å². The maximum Gasteiger partial charge on any atom is 0.322 e. The number of hydrogen-bond donors (Lipinski definition) is 1. The molecule has 1 aromatic heterocycles. The summed E-state index contributed by atoms with van der Waals surface area (Å²) in [6.45, 7) is 8.73. The summed E-state index contributed by atoms with van der Waals surface area (Å²) in [7, 11) is 0. The number of aromatic nitrogens is 3. The average molecular weight is 242 g/mol. The Morgan fingerprint density at radius 2 is 2.00 bits per heavy atom. The SMILES string of the molecule is CCNc1nc(OC(C)C)nc(SCC)n1. The lowest BCUT2D eigenvalue weighted by molar-refractivity contribution is 0.219. The number of nitrogens with zero attached hydrogens (tertiary/aromatic N) is 3. The second-order valence-corrected chi connectivity index (χ2v) is 4.59. The molecule has 0 spiro atoms. The maximum absolute atomic E-state index is 5.47. The van der Waals surface area contributed by atoms with Gasteiger partial charge in [-0.05, 0) is 26.5 Å². The molecule has 0 radical (unpaired) electrons. The second-order valence-electron chi connectivity index (χ2n) is 3.35. The zero-order chi connectivity index (χ0) is 12.0. The fraction of sp³-hybridized carbons (Fsp3) is 0.700. The molecule has 0 bridgehead atoms. The van der Waals surface area contributed by atoms with Crippen molar-refractivity contribution in [3.8, 4) is 6.01 Å². The Morgan fingerprint density at radius 3 is 2.56 bits per heavy atom. The summed E-state index contributed by atoms with van der Waals surface area (Å²) in [6.07, 6.45) is 0.0661. The van der Waals surface area contributed by atoms with E-state index in [4.69, 9.17) is 4.74 Å². The first-order valence-corrected chi connectivity index (χ1v) is 6.43. The molecule has 0 amide bonds. The molecule has 0 aliphatic heterocycles. The molecule has 16 heavy (non-hydrogen) atoms. The zero-order valence-corrected chi connectivity index (χ0v) is 11.0. The molecular formula is C10H18N4OS. The summed E-state index contributed by atoms with van der Waals surface area (Å²) in [6, 6.07) is 0.386.